The number of thioether (sulfide) groups is 1. The van der Waals surface area contributed by atoms with Gasteiger partial charge in [-0.15, -0.1) is 10.2 Å². The minimum atomic E-state index is 0.605. The molecule has 1 aromatic rings. The second kappa shape index (κ2) is 5.65. The van der Waals surface area contributed by atoms with Crippen molar-refractivity contribution in [3.63, 3.8) is 0 Å². The van der Waals surface area contributed by atoms with E-state index in [0.717, 1.165) is 43.6 Å². The van der Waals surface area contributed by atoms with Gasteiger partial charge in [0.15, 0.2) is 5.16 Å². The van der Waals surface area contributed by atoms with E-state index in [0.29, 0.717) is 11.8 Å². The van der Waals surface area contributed by atoms with Crippen LogP contribution in [0, 0.1) is 6.92 Å². The van der Waals surface area contributed by atoms with Crippen LogP contribution < -0.4 is 5.73 Å². The van der Waals surface area contributed by atoms with Gasteiger partial charge in [0, 0.05) is 31.6 Å². The Morgan fingerprint density at radius 2 is 2.19 bits per heavy atom. The van der Waals surface area contributed by atoms with Gasteiger partial charge in [0.2, 0.25) is 0 Å². The lowest BCUT2D eigenvalue weighted by atomic mass is 10.2. The van der Waals surface area contributed by atoms with Gasteiger partial charge in [0.25, 0.3) is 0 Å². The lowest BCUT2D eigenvalue weighted by Gasteiger charge is -2.21. The Morgan fingerprint density at radius 1 is 1.44 bits per heavy atom. The van der Waals surface area contributed by atoms with E-state index in [1.54, 1.807) is 11.8 Å². The molecule has 5 nitrogen and oxygen atoms in total. The zero-order valence-corrected chi connectivity index (χ0v) is 10.4. The van der Waals surface area contributed by atoms with Crippen LogP contribution >= 0.6 is 11.8 Å². The molecule has 1 aromatic heterocycles. The Kier molecular flexibility index (Phi) is 4.20. The summed E-state index contributed by atoms with van der Waals surface area (Å²) in [6.45, 7) is 5.12. The van der Waals surface area contributed by atoms with Crippen LogP contribution in [0.3, 0.4) is 0 Å². The third kappa shape index (κ3) is 2.75. The molecule has 0 spiro atoms. The van der Waals surface area contributed by atoms with E-state index in [4.69, 9.17) is 10.5 Å². The molecule has 6 heteroatoms. The highest BCUT2D eigenvalue weighted by atomic mass is 32.2. The largest absolute Gasteiger partial charge is 0.381 e. The van der Waals surface area contributed by atoms with Crippen LogP contribution in [-0.4, -0.2) is 39.8 Å². The number of ether oxygens (including phenoxy) is 1. The Hall–Kier alpha value is -0.590. The van der Waals surface area contributed by atoms with Crippen LogP contribution in [0.15, 0.2) is 5.16 Å². The van der Waals surface area contributed by atoms with Crippen LogP contribution in [-0.2, 0) is 11.3 Å². The van der Waals surface area contributed by atoms with Crippen molar-refractivity contribution in [1.82, 2.24) is 14.8 Å². The monoisotopic (exact) mass is 242 g/mol. The average Bonchev–Trinajstić information content (AvgIpc) is 2.64. The van der Waals surface area contributed by atoms with Crippen LogP contribution in [0.5, 0.6) is 0 Å². The first-order valence-corrected chi connectivity index (χ1v) is 6.53. The number of hydrogen-bond acceptors (Lipinski definition) is 5. The summed E-state index contributed by atoms with van der Waals surface area (Å²) >= 11 is 1.81. The molecule has 0 aromatic carbocycles. The normalized spacial score (nSPS) is 17.9. The minimum absolute atomic E-state index is 0.605. The highest BCUT2D eigenvalue weighted by Crippen LogP contribution is 2.28. The van der Waals surface area contributed by atoms with Crippen LogP contribution in [0.4, 0.5) is 0 Å². The van der Waals surface area contributed by atoms with Crippen LogP contribution in [0.2, 0.25) is 0 Å². The van der Waals surface area contributed by atoms with Crippen molar-refractivity contribution in [2.45, 2.75) is 36.7 Å². The molecular formula is C10H18N4OS. The molecular weight excluding hydrogens is 224 g/mol. The summed E-state index contributed by atoms with van der Waals surface area (Å²) in [6, 6.07) is 0. The van der Waals surface area contributed by atoms with Gasteiger partial charge in [-0.3, -0.25) is 0 Å². The first-order valence-electron chi connectivity index (χ1n) is 5.65. The molecule has 1 saturated heterocycles. The number of rotatable bonds is 4. The molecule has 2 rings (SSSR count). The molecule has 1 fully saturated rings. The van der Waals surface area contributed by atoms with Crippen molar-refractivity contribution in [2.24, 2.45) is 5.73 Å². The summed E-state index contributed by atoms with van der Waals surface area (Å²) in [5.41, 5.74) is 5.59. The molecule has 2 heterocycles. The smallest absolute Gasteiger partial charge is 0.191 e. The summed E-state index contributed by atoms with van der Waals surface area (Å²) in [4.78, 5) is 0. The average molecular weight is 242 g/mol. The summed E-state index contributed by atoms with van der Waals surface area (Å²) < 4.78 is 7.44. The van der Waals surface area contributed by atoms with Crippen molar-refractivity contribution in [3.8, 4) is 0 Å². The Balaban J connectivity index is 2.02. The SMILES string of the molecule is Cc1nnc(SC2CCOCC2)n1CCN. The Labute approximate surface area is 99.7 Å². The molecule has 0 atom stereocenters. The van der Waals surface area contributed by atoms with Gasteiger partial charge in [0.1, 0.15) is 5.82 Å². The standard InChI is InChI=1S/C10H18N4OS/c1-8-12-13-10(14(8)5-4-11)16-9-2-6-15-7-3-9/h9H,2-7,11H2,1H3. The maximum absolute atomic E-state index is 5.59. The first kappa shape index (κ1) is 11.9. The maximum Gasteiger partial charge on any atom is 0.191 e. The Bertz CT molecular complexity index is 336. The van der Waals surface area contributed by atoms with Crippen molar-refractivity contribution < 1.29 is 4.74 Å². The number of aromatic nitrogens is 3. The van der Waals surface area contributed by atoms with E-state index in [9.17, 15) is 0 Å². The molecule has 0 saturated carbocycles. The van der Waals surface area contributed by atoms with E-state index in [2.05, 4.69) is 14.8 Å². The van der Waals surface area contributed by atoms with Gasteiger partial charge in [-0.05, 0) is 19.8 Å². The predicted molar refractivity (Wildman–Crippen MR) is 63.5 cm³/mol. The first-order chi connectivity index (χ1) is 7.81. The van der Waals surface area contributed by atoms with Crippen molar-refractivity contribution in [3.05, 3.63) is 5.82 Å². The third-order valence-electron chi connectivity index (χ3n) is 2.69. The second-order valence-electron chi connectivity index (χ2n) is 3.90. The summed E-state index contributed by atoms with van der Waals surface area (Å²) in [6.07, 6.45) is 2.19. The van der Waals surface area contributed by atoms with E-state index in [-0.39, 0.29) is 0 Å². The molecule has 16 heavy (non-hydrogen) atoms. The zero-order valence-electron chi connectivity index (χ0n) is 9.56. The minimum Gasteiger partial charge on any atom is -0.381 e. The number of nitrogens with zero attached hydrogens (tertiary/aromatic N) is 3. The molecule has 0 unspecified atom stereocenters. The summed E-state index contributed by atoms with van der Waals surface area (Å²) in [5, 5.41) is 9.91. The molecule has 0 radical (unpaired) electrons. The van der Waals surface area contributed by atoms with Gasteiger partial charge >= 0.3 is 0 Å². The van der Waals surface area contributed by atoms with Gasteiger partial charge in [-0.2, -0.15) is 0 Å². The van der Waals surface area contributed by atoms with Gasteiger partial charge in [-0.1, -0.05) is 11.8 Å². The molecule has 2 N–H and O–H groups in total. The van der Waals surface area contributed by atoms with E-state index in [1.807, 2.05) is 6.92 Å². The zero-order chi connectivity index (χ0) is 11.4. The molecule has 1 aliphatic heterocycles. The molecule has 0 aliphatic carbocycles. The summed E-state index contributed by atoms with van der Waals surface area (Å²) in [7, 11) is 0. The fraction of sp³-hybridized carbons (Fsp3) is 0.800. The van der Waals surface area contributed by atoms with Crippen LogP contribution in [0.25, 0.3) is 0 Å². The highest BCUT2D eigenvalue weighted by Gasteiger charge is 2.18. The fourth-order valence-corrected chi connectivity index (χ4v) is 2.94. The second-order valence-corrected chi connectivity index (χ2v) is 5.17. The molecule has 0 bridgehead atoms. The topological polar surface area (TPSA) is 66.0 Å². The van der Waals surface area contributed by atoms with Gasteiger partial charge in [-0.25, -0.2) is 0 Å². The predicted octanol–water partition coefficient (Wildman–Crippen LogP) is 0.816. The van der Waals surface area contributed by atoms with Crippen LogP contribution in [0.1, 0.15) is 18.7 Å². The van der Waals surface area contributed by atoms with E-state index < -0.39 is 0 Å². The Morgan fingerprint density at radius 3 is 2.88 bits per heavy atom. The molecule has 0 amide bonds. The van der Waals surface area contributed by atoms with Gasteiger partial charge < -0.3 is 15.0 Å². The van der Waals surface area contributed by atoms with E-state index >= 15 is 0 Å². The molecule has 1 aliphatic rings. The molecule has 90 valence electrons. The number of nitrogens with two attached hydrogens (primary N) is 1. The quantitative estimate of drug-likeness (QED) is 0.846. The fourth-order valence-electron chi connectivity index (χ4n) is 1.78. The lowest BCUT2D eigenvalue weighted by molar-refractivity contribution is 0.0999. The lowest BCUT2D eigenvalue weighted by Crippen LogP contribution is -2.19. The third-order valence-corrected chi connectivity index (χ3v) is 4.01. The maximum atomic E-state index is 5.59. The van der Waals surface area contributed by atoms with Crippen molar-refractivity contribution >= 4 is 11.8 Å². The summed E-state index contributed by atoms with van der Waals surface area (Å²) in [5.74, 6) is 0.944. The number of aryl methyl sites for hydroxylation is 1. The highest BCUT2D eigenvalue weighted by molar-refractivity contribution is 7.99. The van der Waals surface area contributed by atoms with Gasteiger partial charge in [0.05, 0.1) is 0 Å². The van der Waals surface area contributed by atoms with Crippen molar-refractivity contribution in [1.29, 1.82) is 0 Å². The van der Waals surface area contributed by atoms with Crippen molar-refractivity contribution in [2.75, 3.05) is 19.8 Å². The number of hydrogen-bond donors (Lipinski definition) is 1. The van der Waals surface area contributed by atoms with E-state index in [1.165, 1.54) is 0 Å².